The molecule has 0 fully saturated rings. The zero-order valence-corrected chi connectivity index (χ0v) is 11.6. The molecule has 4 nitrogen and oxygen atoms in total. The van der Waals surface area contributed by atoms with Crippen molar-refractivity contribution in [1.82, 2.24) is 4.31 Å². The maximum atomic E-state index is 12.2. The summed E-state index contributed by atoms with van der Waals surface area (Å²) in [5, 5.41) is 0. The number of hydrogen-bond acceptors (Lipinski definition) is 3. The molecule has 0 amide bonds. The maximum Gasteiger partial charge on any atom is 0.242 e. The van der Waals surface area contributed by atoms with Crippen LogP contribution in [0.2, 0.25) is 0 Å². The van der Waals surface area contributed by atoms with E-state index in [1.54, 1.807) is 6.07 Å². The van der Waals surface area contributed by atoms with Crippen LogP contribution in [0.25, 0.3) is 0 Å². The normalized spacial score (nSPS) is 12.1. The summed E-state index contributed by atoms with van der Waals surface area (Å²) in [5.74, 6) is 0. The molecule has 5 heteroatoms. The predicted octanol–water partition coefficient (Wildman–Crippen LogP) is 1.64. The molecule has 0 saturated carbocycles. The molecule has 0 aromatic heterocycles. The number of benzene rings is 1. The molecule has 96 valence electrons. The van der Waals surface area contributed by atoms with Crippen LogP contribution in [0.3, 0.4) is 0 Å². The Morgan fingerprint density at radius 3 is 2.18 bits per heavy atom. The average molecular weight is 256 g/mol. The number of nitrogen functional groups attached to an aromatic ring is 1. The number of nitrogens with two attached hydrogens (primary N) is 1. The Bertz CT molecular complexity index is 507. The first-order valence-corrected chi connectivity index (χ1v) is 7.12. The van der Waals surface area contributed by atoms with Gasteiger partial charge in [0.25, 0.3) is 0 Å². The van der Waals surface area contributed by atoms with Crippen molar-refractivity contribution in [3.63, 3.8) is 0 Å². The minimum absolute atomic E-state index is 0.335. The van der Waals surface area contributed by atoms with Crippen LogP contribution in [0, 0.1) is 0 Å². The number of hydrogen-bond donors (Lipinski definition) is 1. The molecule has 1 aromatic rings. The highest BCUT2D eigenvalue weighted by Crippen LogP contribution is 2.26. The van der Waals surface area contributed by atoms with Crippen molar-refractivity contribution < 1.29 is 8.42 Å². The summed E-state index contributed by atoms with van der Waals surface area (Å²) in [7, 11) is -0.359. The molecule has 1 aromatic carbocycles. The second-order valence-electron chi connectivity index (χ2n) is 4.16. The largest absolute Gasteiger partial charge is 0.398 e. The lowest BCUT2D eigenvalue weighted by molar-refractivity contribution is 0.519. The Balaban J connectivity index is 3.56. The van der Waals surface area contributed by atoms with Crippen molar-refractivity contribution in [2.24, 2.45) is 0 Å². The molecular weight excluding hydrogens is 236 g/mol. The van der Waals surface area contributed by atoms with E-state index in [2.05, 4.69) is 0 Å². The topological polar surface area (TPSA) is 63.4 Å². The van der Waals surface area contributed by atoms with Crippen LogP contribution in [-0.4, -0.2) is 26.8 Å². The van der Waals surface area contributed by atoms with Gasteiger partial charge in [0.1, 0.15) is 0 Å². The summed E-state index contributed by atoms with van der Waals surface area (Å²) in [4.78, 5) is 0.335. The summed E-state index contributed by atoms with van der Waals surface area (Å²) < 4.78 is 25.6. The highest BCUT2D eigenvalue weighted by atomic mass is 32.2. The molecule has 2 N–H and O–H groups in total. The van der Waals surface area contributed by atoms with Crippen LogP contribution in [-0.2, 0) is 22.9 Å². The van der Waals surface area contributed by atoms with Crippen molar-refractivity contribution in [3.05, 3.63) is 23.3 Å². The van der Waals surface area contributed by atoms with Gasteiger partial charge in [0, 0.05) is 19.8 Å². The van der Waals surface area contributed by atoms with Gasteiger partial charge in [-0.3, -0.25) is 0 Å². The molecule has 17 heavy (non-hydrogen) atoms. The van der Waals surface area contributed by atoms with Gasteiger partial charge in [-0.2, -0.15) is 0 Å². The zero-order chi connectivity index (χ0) is 13.2. The van der Waals surface area contributed by atoms with Gasteiger partial charge in [-0.15, -0.1) is 0 Å². The first kappa shape index (κ1) is 14.0. The van der Waals surface area contributed by atoms with Crippen LogP contribution >= 0.6 is 0 Å². The molecule has 0 aliphatic carbocycles. The van der Waals surface area contributed by atoms with Gasteiger partial charge in [0.15, 0.2) is 0 Å². The van der Waals surface area contributed by atoms with Crippen molar-refractivity contribution in [2.75, 3.05) is 19.8 Å². The summed E-state index contributed by atoms with van der Waals surface area (Å²) in [5.41, 5.74) is 8.13. The first-order chi connectivity index (χ1) is 7.84. The van der Waals surface area contributed by atoms with E-state index in [0.29, 0.717) is 22.6 Å². The Hall–Kier alpha value is -1.07. The van der Waals surface area contributed by atoms with Crippen molar-refractivity contribution >= 4 is 15.7 Å². The lowest BCUT2D eigenvalue weighted by Crippen LogP contribution is -2.24. The number of rotatable bonds is 4. The predicted molar refractivity (Wildman–Crippen MR) is 70.5 cm³/mol. The zero-order valence-electron chi connectivity index (χ0n) is 10.8. The highest BCUT2D eigenvalue weighted by molar-refractivity contribution is 7.89. The fraction of sp³-hybridized carbons (Fsp3) is 0.500. The summed E-state index contributed by atoms with van der Waals surface area (Å²) >= 11 is 0. The number of aryl methyl sites for hydroxylation is 1. The van der Waals surface area contributed by atoms with Crippen molar-refractivity contribution in [3.8, 4) is 0 Å². The molecule has 0 aliphatic rings. The second-order valence-corrected chi connectivity index (χ2v) is 6.28. The van der Waals surface area contributed by atoms with E-state index in [9.17, 15) is 8.42 Å². The third-order valence-corrected chi connectivity index (χ3v) is 4.71. The molecule has 0 heterocycles. The highest BCUT2D eigenvalue weighted by Gasteiger charge is 2.22. The third kappa shape index (κ3) is 2.61. The molecular formula is C12H20N2O2S. The van der Waals surface area contributed by atoms with Crippen molar-refractivity contribution in [1.29, 1.82) is 0 Å². The van der Waals surface area contributed by atoms with Gasteiger partial charge in [-0.25, -0.2) is 12.7 Å². The van der Waals surface area contributed by atoms with E-state index in [1.807, 2.05) is 19.9 Å². The number of sulfonamides is 1. The van der Waals surface area contributed by atoms with Gasteiger partial charge >= 0.3 is 0 Å². The monoisotopic (exact) mass is 256 g/mol. The van der Waals surface area contributed by atoms with Crippen molar-refractivity contribution in [2.45, 2.75) is 31.6 Å². The van der Waals surface area contributed by atoms with Crippen LogP contribution < -0.4 is 5.73 Å². The molecule has 1 rings (SSSR count). The lowest BCUT2D eigenvalue weighted by atomic mass is 10.1. The van der Waals surface area contributed by atoms with Gasteiger partial charge < -0.3 is 5.73 Å². The van der Waals surface area contributed by atoms with Gasteiger partial charge in [-0.1, -0.05) is 13.8 Å². The maximum absolute atomic E-state index is 12.2. The minimum Gasteiger partial charge on any atom is -0.398 e. The fourth-order valence-electron chi connectivity index (χ4n) is 1.74. The molecule has 0 spiro atoms. The molecule has 0 atom stereocenters. The number of anilines is 1. The van der Waals surface area contributed by atoms with Crippen LogP contribution in [0.1, 0.15) is 25.0 Å². The molecule has 0 saturated heterocycles. The quantitative estimate of drug-likeness (QED) is 0.833. The minimum atomic E-state index is -3.42. The van der Waals surface area contributed by atoms with E-state index >= 15 is 0 Å². The molecule has 0 unspecified atom stereocenters. The van der Waals surface area contributed by atoms with Crippen LogP contribution in [0.5, 0.6) is 0 Å². The summed E-state index contributed by atoms with van der Waals surface area (Å²) in [6.07, 6.45) is 1.38. The van der Waals surface area contributed by atoms with E-state index in [0.717, 1.165) is 12.0 Å². The van der Waals surface area contributed by atoms with Gasteiger partial charge in [0.2, 0.25) is 10.0 Å². The Morgan fingerprint density at radius 1 is 1.18 bits per heavy atom. The smallest absolute Gasteiger partial charge is 0.242 e. The fourth-order valence-corrected chi connectivity index (χ4v) is 3.00. The third-order valence-electron chi connectivity index (χ3n) is 2.82. The van der Waals surface area contributed by atoms with E-state index < -0.39 is 10.0 Å². The number of nitrogens with zero attached hydrogens (tertiary/aromatic N) is 1. The molecule has 0 bridgehead atoms. The van der Waals surface area contributed by atoms with E-state index in [4.69, 9.17) is 5.73 Å². The van der Waals surface area contributed by atoms with E-state index in [1.165, 1.54) is 18.4 Å². The standard InChI is InChI=1S/C12H20N2O2S/c1-5-9-7-11(13)10(6-2)12(8-9)17(15,16)14(3)4/h7-8H,5-6,13H2,1-4H3. The Kier molecular flexibility index (Phi) is 4.16. The summed E-state index contributed by atoms with van der Waals surface area (Å²) in [6, 6.07) is 3.58. The Labute approximate surface area is 103 Å². The van der Waals surface area contributed by atoms with Gasteiger partial charge in [0.05, 0.1) is 4.90 Å². The first-order valence-electron chi connectivity index (χ1n) is 5.68. The molecule has 0 radical (unpaired) electrons. The van der Waals surface area contributed by atoms with Crippen LogP contribution in [0.15, 0.2) is 17.0 Å². The average Bonchev–Trinajstić information content (AvgIpc) is 2.27. The Morgan fingerprint density at radius 2 is 1.76 bits per heavy atom. The van der Waals surface area contributed by atoms with Gasteiger partial charge in [-0.05, 0) is 36.1 Å². The lowest BCUT2D eigenvalue weighted by Gasteiger charge is -2.17. The molecule has 0 aliphatic heterocycles. The summed E-state index contributed by atoms with van der Waals surface area (Å²) in [6.45, 7) is 3.89. The second kappa shape index (κ2) is 5.06. The SMILES string of the molecule is CCc1cc(N)c(CC)c(S(=O)(=O)N(C)C)c1. The van der Waals surface area contributed by atoms with E-state index in [-0.39, 0.29) is 0 Å². The van der Waals surface area contributed by atoms with Crippen LogP contribution in [0.4, 0.5) is 5.69 Å².